The molecule has 2 aliphatic heterocycles. The number of hydrogen-bond acceptors (Lipinski definition) is 5. The molecule has 0 radical (unpaired) electrons. The molecule has 1 aromatic rings. The number of halogens is 1. The van der Waals surface area contributed by atoms with Gasteiger partial charge in [-0.1, -0.05) is 12.1 Å². The molecule has 0 spiro atoms. The van der Waals surface area contributed by atoms with Gasteiger partial charge in [0.25, 0.3) is 0 Å². The fourth-order valence-electron chi connectivity index (χ4n) is 4.25. The molecule has 0 aromatic heterocycles. The molecule has 0 bridgehead atoms. The number of amides is 1. The Morgan fingerprint density at radius 3 is 2.61 bits per heavy atom. The number of piperidine rings is 1. The summed E-state index contributed by atoms with van der Waals surface area (Å²) in [5, 5.41) is 14.0. The normalized spacial score (nSPS) is 24.4. The van der Waals surface area contributed by atoms with Crippen molar-refractivity contribution in [1.82, 2.24) is 15.1 Å². The van der Waals surface area contributed by atoms with Crippen LogP contribution in [-0.2, 0) is 11.3 Å². The van der Waals surface area contributed by atoms with Crippen molar-refractivity contribution in [2.75, 3.05) is 46.0 Å². The summed E-state index contributed by atoms with van der Waals surface area (Å²) in [7, 11) is 0. The molecule has 1 amide bonds. The fourth-order valence-corrected chi connectivity index (χ4v) is 4.25. The van der Waals surface area contributed by atoms with Crippen LogP contribution in [0.15, 0.2) is 24.3 Å². The number of likely N-dealkylation sites (tertiary alicyclic amines) is 2. The highest BCUT2D eigenvalue weighted by Gasteiger charge is 2.38. The third-order valence-electron chi connectivity index (χ3n) is 5.60. The third kappa shape index (κ3) is 6.15. The zero-order valence-electron chi connectivity index (χ0n) is 16.7. The van der Waals surface area contributed by atoms with E-state index in [0.29, 0.717) is 18.8 Å². The van der Waals surface area contributed by atoms with Crippen molar-refractivity contribution in [2.45, 2.75) is 44.4 Å². The lowest BCUT2D eigenvalue weighted by Crippen LogP contribution is -2.50. The Bertz CT molecular complexity index is 634. The second kappa shape index (κ2) is 9.67. The SMILES string of the molecule is CC(=O)NC1CCN(CC2(O)CCN(Cc3ccc(OCCF)cc3)C2)CC1. The van der Waals surface area contributed by atoms with Gasteiger partial charge < -0.3 is 20.1 Å². The highest BCUT2D eigenvalue weighted by molar-refractivity contribution is 5.73. The topological polar surface area (TPSA) is 65.0 Å². The summed E-state index contributed by atoms with van der Waals surface area (Å²) in [5.74, 6) is 0.715. The van der Waals surface area contributed by atoms with Crippen molar-refractivity contribution in [3.05, 3.63) is 29.8 Å². The van der Waals surface area contributed by atoms with Crippen molar-refractivity contribution in [3.63, 3.8) is 0 Å². The molecule has 156 valence electrons. The van der Waals surface area contributed by atoms with Crippen molar-refractivity contribution in [2.24, 2.45) is 0 Å². The lowest BCUT2D eigenvalue weighted by Gasteiger charge is -2.36. The average Bonchev–Trinajstić information content (AvgIpc) is 3.03. The first-order chi connectivity index (χ1) is 13.5. The minimum absolute atomic E-state index is 0.0329. The van der Waals surface area contributed by atoms with Gasteiger partial charge in [-0.05, 0) is 37.0 Å². The molecule has 0 saturated carbocycles. The van der Waals surface area contributed by atoms with Gasteiger partial charge in [-0.25, -0.2) is 4.39 Å². The molecule has 28 heavy (non-hydrogen) atoms. The number of nitrogens with zero attached hydrogens (tertiary/aromatic N) is 2. The van der Waals surface area contributed by atoms with Gasteiger partial charge in [-0.15, -0.1) is 0 Å². The van der Waals surface area contributed by atoms with Gasteiger partial charge in [-0.2, -0.15) is 0 Å². The molecule has 2 saturated heterocycles. The lowest BCUT2D eigenvalue weighted by molar-refractivity contribution is -0.120. The Labute approximate surface area is 166 Å². The van der Waals surface area contributed by atoms with E-state index >= 15 is 0 Å². The summed E-state index contributed by atoms with van der Waals surface area (Å²) in [5.41, 5.74) is 0.485. The molecule has 7 heteroatoms. The Morgan fingerprint density at radius 2 is 1.96 bits per heavy atom. The van der Waals surface area contributed by atoms with Crippen LogP contribution in [-0.4, -0.2) is 78.5 Å². The molecular formula is C21H32FN3O3. The molecule has 1 unspecified atom stereocenters. The summed E-state index contributed by atoms with van der Waals surface area (Å²) >= 11 is 0. The van der Waals surface area contributed by atoms with Crippen LogP contribution in [0.25, 0.3) is 0 Å². The highest BCUT2D eigenvalue weighted by Crippen LogP contribution is 2.26. The Morgan fingerprint density at radius 1 is 1.25 bits per heavy atom. The molecule has 3 rings (SSSR count). The lowest BCUT2D eigenvalue weighted by atomic mass is 9.99. The van der Waals surface area contributed by atoms with E-state index in [1.54, 1.807) is 6.92 Å². The number of rotatable bonds is 8. The number of nitrogens with one attached hydrogen (secondary N) is 1. The van der Waals surface area contributed by atoms with Crippen LogP contribution >= 0.6 is 0 Å². The van der Waals surface area contributed by atoms with Crippen molar-refractivity contribution >= 4 is 5.91 Å². The summed E-state index contributed by atoms with van der Waals surface area (Å²) in [4.78, 5) is 15.8. The number of aliphatic hydroxyl groups is 1. The Hall–Kier alpha value is -1.70. The van der Waals surface area contributed by atoms with Gasteiger partial charge in [0.2, 0.25) is 5.91 Å². The number of alkyl halides is 1. The van der Waals surface area contributed by atoms with E-state index in [9.17, 15) is 14.3 Å². The molecule has 1 atom stereocenters. The van der Waals surface area contributed by atoms with Crippen LogP contribution in [0.3, 0.4) is 0 Å². The molecule has 2 aliphatic rings. The second-order valence-corrected chi connectivity index (χ2v) is 8.12. The number of β-amino-alcohol motifs (C(OH)–C–C–N with tert-alkyl or cyclic N) is 1. The van der Waals surface area contributed by atoms with Gasteiger partial charge in [0.05, 0.1) is 5.60 Å². The highest BCUT2D eigenvalue weighted by atomic mass is 19.1. The largest absolute Gasteiger partial charge is 0.491 e. The van der Waals surface area contributed by atoms with Gasteiger partial charge in [0, 0.05) is 52.2 Å². The minimum Gasteiger partial charge on any atom is -0.491 e. The quantitative estimate of drug-likeness (QED) is 0.702. The van der Waals surface area contributed by atoms with E-state index in [1.807, 2.05) is 24.3 Å². The molecule has 2 heterocycles. The van der Waals surface area contributed by atoms with E-state index in [0.717, 1.165) is 51.0 Å². The number of benzene rings is 1. The monoisotopic (exact) mass is 393 g/mol. The van der Waals surface area contributed by atoms with Crippen LogP contribution < -0.4 is 10.1 Å². The van der Waals surface area contributed by atoms with Gasteiger partial charge in [-0.3, -0.25) is 9.69 Å². The van der Waals surface area contributed by atoms with Gasteiger partial charge >= 0.3 is 0 Å². The first-order valence-electron chi connectivity index (χ1n) is 10.2. The summed E-state index contributed by atoms with van der Waals surface area (Å²) in [6.45, 7) is 5.99. The van der Waals surface area contributed by atoms with Crippen molar-refractivity contribution < 1.29 is 19.0 Å². The zero-order valence-corrected chi connectivity index (χ0v) is 16.7. The molecule has 0 aliphatic carbocycles. The second-order valence-electron chi connectivity index (χ2n) is 8.12. The van der Waals surface area contributed by atoms with E-state index in [1.165, 1.54) is 0 Å². The number of carbonyl (C=O) groups is 1. The molecular weight excluding hydrogens is 361 g/mol. The zero-order chi connectivity index (χ0) is 20.0. The van der Waals surface area contributed by atoms with E-state index in [2.05, 4.69) is 15.1 Å². The molecule has 2 fully saturated rings. The number of ether oxygens (including phenoxy) is 1. The van der Waals surface area contributed by atoms with Gasteiger partial charge in [0.15, 0.2) is 0 Å². The molecule has 6 nitrogen and oxygen atoms in total. The Kier molecular flexibility index (Phi) is 7.26. The predicted octanol–water partition coefficient (Wildman–Crippen LogP) is 1.57. The number of hydrogen-bond donors (Lipinski definition) is 2. The fraction of sp³-hybridized carbons (Fsp3) is 0.667. The predicted molar refractivity (Wildman–Crippen MR) is 106 cm³/mol. The van der Waals surface area contributed by atoms with E-state index in [-0.39, 0.29) is 18.6 Å². The standard InChI is InChI=1S/C21H32FN3O3/c1-17(26)23-19-6-10-24(11-7-19)15-21(27)8-12-25(16-21)14-18-2-4-20(5-3-18)28-13-9-22/h2-5,19,27H,6-16H2,1H3,(H,23,26). The van der Waals surface area contributed by atoms with Crippen LogP contribution in [0.4, 0.5) is 4.39 Å². The maximum absolute atomic E-state index is 12.2. The first kappa shape index (κ1) is 21.0. The smallest absolute Gasteiger partial charge is 0.217 e. The van der Waals surface area contributed by atoms with Crippen LogP contribution in [0.5, 0.6) is 5.75 Å². The molecule has 2 N–H and O–H groups in total. The summed E-state index contributed by atoms with van der Waals surface area (Å²) in [6, 6.07) is 7.99. The van der Waals surface area contributed by atoms with Crippen LogP contribution in [0, 0.1) is 0 Å². The van der Waals surface area contributed by atoms with Crippen molar-refractivity contribution in [3.8, 4) is 5.75 Å². The Balaban J connectivity index is 1.43. The van der Waals surface area contributed by atoms with Crippen molar-refractivity contribution in [1.29, 1.82) is 0 Å². The molecule has 1 aromatic carbocycles. The van der Waals surface area contributed by atoms with E-state index in [4.69, 9.17) is 4.74 Å². The van der Waals surface area contributed by atoms with Crippen LogP contribution in [0.1, 0.15) is 31.7 Å². The van der Waals surface area contributed by atoms with Crippen LogP contribution in [0.2, 0.25) is 0 Å². The third-order valence-corrected chi connectivity index (χ3v) is 5.60. The maximum Gasteiger partial charge on any atom is 0.217 e. The average molecular weight is 394 g/mol. The summed E-state index contributed by atoms with van der Waals surface area (Å²) in [6.07, 6.45) is 2.66. The van der Waals surface area contributed by atoms with Gasteiger partial charge in [0.1, 0.15) is 19.0 Å². The maximum atomic E-state index is 12.2. The first-order valence-corrected chi connectivity index (χ1v) is 10.2. The minimum atomic E-state index is -0.676. The number of carbonyl (C=O) groups excluding carboxylic acids is 1. The summed E-state index contributed by atoms with van der Waals surface area (Å²) < 4.78 is 17.4. The van der Waals surface area contributed by atoms with E-state index < -0.39 is 12.3 Å².